The van der Waals surface area contributed by atoms with Crippen molar-refractivity contribution in [2.45, 2.75) is 6.92 Å². The molecule has 0 radical (unpaired) electrons. The van der Waals surface area contributed by atoms with Crippen molar-refractivity contribution in [1.29, 1.82) is 0 Å². The van der Waals surface area contributed by atoms with E-state index in [1.807, 2.05) is 49.4 Å². The first kappa shape index (κ1) is 18.5. The summed E-state index contributed by atoms with van der Waals surface area (Å²) in [7, 11) is 0. The Morgan fingerprint density at radius 3 is 2.32 bits per heavy atom. The van der Waals surface area contributed by atoms with Gasteiger partial charge >= 0.3 is 0 Å². The Morgan fingerprint density at radius 2 is 1.61 bits per heavy atom. The van der Waals surface area contributed by atoms with E-state index in [4.69, 9.17) is 11.6 Å². The number of hydrogen-bond donors (Lipinski definition) is 1. The molecule has 1 aliphatic rings. The second-order valence-electron chi connectivity index (χ2n) is 6.75. The fourth-order valence-electron chi connectivity index (χ4n) is 3.30. The summed E-state index contributed by atoms with van der Waals surface area (Å²) in [5, 5.41) is 3.83. The van der Waals surface area contributed by atoms with Gasteiger partial charge in [0.05, 0.1) is 10.7 Å². The number of anilines is 4. The van der Waals surface area contributed by atoms with Gasteiger partial charge in [0, 0.05) is 43.6 Å². The number of aromatic nitrogens is 2. The van der Waals surface area contributed by atoms with Crippen LogP contribution in [0.25, 0.3) is 0 Å². The lowest BCUT2D eigenvalue weighted by Gasteiger charge is -2.36. The molecule has 1 fully saturated rings. The van der Waals surface area contributed by atoms with E-state index in [1.165, 1.54) is 12.1 Å². The van der Waals surface area contributed by atoms with Crippen molar-refractivity contribution >= 4 is 34.7 Å². The predicted molar refractivity (Wildman–Crippen MR) is 112 cm³/mol. The average Bonchev–Trinajstić information content (AvgIpc) is 2.70. The topological polar surface area (TPSA) is 44.3 Å². The first-order valence-corrected chi connectivity index (χ1v) is 9.59. The van der Waals surface area contributed by atoms with Crippen LogP contribution >= 0.6 is 11.6 Å². The lowest BCUT2D eigenvalue weighted by molar-refractivity contribution is 0.624. The Kier molecular flexibility index (Phi) is 5.30. The van der Waals surface area contributed by atoms with E-state index in [0.29, 0.717) is 11.0 Å². The van der Waals surface area contributed by atoms with Gasteiger partial charge in [0.15, 0.2) is 0 Å². The smallest absolute Gasteiger partial charge is 0.229 e. The molecule has 7 heteroatoms. The minimum absolute atomic E-state index is 0.211. The van der Waals surface area contributed by atoms with Gasteiger partial charge in [-0.15, -0.1) is 0 Å². The maximum Gasteiger partial charge on any atom is 0.229 e. The highest BCUT2D eigenvalue weighted by molar-refractivity contribution is 6.33. The summed E-state index contributed by atoms with van der Waals surface area (Å²) in [6.45, 7) is 5.32. The molecule has 0 spiro atoms. The highest BCUT2D eigenvalue weighted by Crippen LogP contribution is 2.25. The Hall–Kier alpha value is -2.86. The second kappa shape index (κ2) is 8.02. The van der Waals surface area contributed by atoms with Crippen LogP contribution in [0.15, 0.2) is 54.6 Å². The standard InChI is InChI=1S/C21H21ClFN5/c1-15-14-20(26-21(24-15)25-19-5-3-2-4-18(19)22)28-12-10-27(11-13-28)17-8-6-16(23)7-9-17/h2-9,14H,10-13H2,1H3,(H,24,25,26). The fourth-order valence-corrected chi connectivity index (χ4v) is 3.48. The molecule has 5 nitrogen and oxygen atoms in total. The van der Waals surface area contributed by atoms with Crippen molar-refractivity contribution in [3.63, 3.8) is 0 Å². The lowest BCUT2D eigenvalue weighted by Crippen LogP contribution is -2.46. The molecule has 1 aliphatic heterocycles. The highest BCUT2D eigenvalue weighted by Gasteiger charge is 2.19. The highest BCUT2D eigenvalue weighted by atomic mass is 35.5. The fraction of sp³-hybridized carbons (Fsp3) is 0.238. The third-order valence-electron chi connectivity index (χ3n) is 4.76. The lowest BCUT2D eigenvalue weighted by atomic mass is 10.2. The van der Waals surface area contributed by atoms with Gasteiger partial charge in [-0.3, -0.25) is 0 Å². The molecular weight excluding hydrogens is 377 g/mol. The number of rotatable bonds is 4. The van der Waals surface area contributed by atoms with Crippen LogP contribution in [0.4, 0.5) is 27.5 Å². The Labute approximate surface area is 168 Å². The van der Waals surface area contributed by atoms with Crippen LogP contribution in [-0.2, 0) is 0 Å². The SMILES string of the molecule is Cc1cc(N2CCN(c3ccc(F)cc3)CC2)nc(Nc2ccccc2Cl)n1. The summed E-state index contributed by atoms with van der Waals surface area (Å²) >= 11 is 6.23. The summed E-state index contributed by atoms with van der Waals surface area (Å²) < 4.78 is 13.1. The van der Waals surface area contributed by atoms with E-state index < -0.39 is 0 Å². The van der Waals surface area contributed by atoms with Crippen molar-refractivity contribution in [2.24, 2.45) is 0 Å². The first-order chi connectivity index (χ1) is 13.6. The van der Waals surface area contributed by atoms with Crippen LogP contribution in [-0.4, -0.2) is 36.1 Å². The van der Waals surface area contributed by atoms with Crippen LogP contribution in [0, 0.1) is 12.7 Å². The van der Waals surface area contributed by atoms with Crippen LogP contribution in [0.1, 0.15) is 5.69 Å². The van der Waals surface area contributed by atoms with E-state index in [-0.39, 0.29) is 5.82 Å². The number of hydrogen-bond acceptors (Lipinski definition) is 5. The monoisotopic (exact) mass is 397 g/mol. The molecule has 0 unspecified atom stereocenters. The summed E-state index contributed by atoms with van der Waals surface area (Å²) in [5.74, 6) is 1.21. The zero-order valence-electron chi connectivity index (χ0n) is 15.6. The number of aryl methyl sites for hydroxylation is 1. The van der Waals surface area contributed by atoms with Gasteiger partial charge in [0.2, 0.25) is 5.95 Å². The number of piperazine rings is 1. The molecule has 1 N–H and O–H groups in total. The number of nitrogens with one attached hydrogen (secondary N) is 1. The van der Waals surface area contributed by atoms with Gasteiger partial charge in [-0.1, -0.05) is 23.7 Å². The third kappa shape index (κ3) is 4.17. The molecule has 4 rings (SSSR count). The zero-order valence-corrected chi connectivity index (χ0v) is 16.3. The van der Waals surface area contributed by atoms with E-state index in [9.17, 15) is 4.39 Å². The molecule has 1 aromatic heterocycles. The summed E-state index contributed by atoms with van der Waals surface area (Å²) in [6.07, 6.45) is 0. The summed E-state index contributed by atoms with van der Waals surface area (Å²) in [4.78, 5) is 13.7. The molecule has 1 saturated heterocycles. The Balaban J connectivity index is 1.47. The van der Waals surface area contributed by atoms with Crippen LogP contribution < -0.4 is 15.1 Å². The molecule has 0 bridgehead atoms. The molecule has 0 atom stereocenters. The van der Waals surface area contributed by atoms with Crippen molar-refractivity contribution in [3.8, 4) is 0 Å². The number of para-hydroxylation sites is 1. The van der Waals surface area contributed by atoms with E-state index in [1.54, 1.807) is 0 Å². The minimum Gasteiger partial charge on any atom is -0.368 e. The van der Waals surface area contributed by atoms with Crippen molar-refractivity contribution in [1.82, 2.24) is 9.97 Å². The Bertz CT molecular complexity index is 955. The maximum absolute atomic E-state index is 13.1. The second-order valence-corrected chi connectivity index (χ2v) is 7.15. The average molecular weight is 398 g/mol. The summed E-state index contributed by atoms with van der Waals surface area (Å²) in [6, 6.07) is 16.2. The van der Waals surface area contributed by atoms with E-state index >= 15 is 0 Å². The van der Waals surface area contributed by atoms with Crippen LogP contribution in [0.3, 0.4) is 0 Å². The number of halogens is 2. The van der Waals surface area contributed by atoms with Gasteiger partial charge < -0.3 is 15.1 Å². The van der Waals surface area contributed by atoms with Gasteiger partial charge in [-0.05, 0) is 43.3 Å². The zero-order chi connectivity index (χ0) is 19.5. The van der Waals surface area contributed by atoms with E-state index in [0.717, 1.165) is 49.1 Å². The number of benzene rings is 2. The van der Waals surface area contributed by atoms with Gasteiger partial charge in [0.1, 0.15) is 11.6 Å². The quantitative estimate of drug-likeness (QED) is 0.694. The molecule has 144 valence electrons. The van der Waals surface area contributed by atoms with Crippen molar-refractivity contribution in [3.05, 3.63) is 71.1 Å². The molecule has 3 aromatic rings. The van der Waals surface area contributed by atoms with Gasteiger partial charge in [0.25, 0.3) is 0 Å². The molecule has 0 amide bonds. The minimum atomic E-state index is -0.211. The largest absolute Gasteiger partial charge is 0.368 e. The Morgan fingerprint density at radius 1 is 0.929 bits per heavy atom. The van der Waals surface area contributed by atoms with E-state index in [2.05, 4.69) is 25.1 Å². The summed E-state index contributed by atoms with van der Waals surface area (Å²) in [5.41, 5.74) is 2.71. The normalized spacial score (nSPS) is 14.2. The number of nitrogens with zero attached hydrogens (tertiary/aromatic N) is 4. The molecule has 2 aromatic carbocycles. The van der Waals surface area contributed by atoms with Gasteiger partial charge in [-0.25, -0.2) is 9.37 Å². The maximum atomic E-state index is 13.1. The predicted octanol–water partition coefficient (Wildman–Crippen LogP) is 4.65. The molecular formula is C21H21ClFN5. The molecule has 28 heavy (non-hydrogen) atoms. The molecule has 0 saturated carbocycles. The van der Waals surface area contributed by atoms with Crippen LogP contribution in [0.5, 0.6) is 0 Å². The third-order valence-corrected chi connectivity index (χ3v) is 5.09. The van der Waals surface area contributed by atoms with Crippen molar-refractivity contribution < 1.29 is 4.39 Å². The van der Waals surface area contributed by atoms with Gasteiger partial charge in [-0.2, -0.15) is 4.98 Å². The first-order valence-electron chi connectivity index (χ1n) is 9.21. The molecule has 0 aliphatic carbocycles. The van der Waals surface area contributed by atoms with Crippen molar-refractivity contribution in [2.75, 3.05) is 41.3 Å². The van der Waals surface area contributed by atoms with Crippen LogP contribution in [0.2, 0.25) is 5.02 Å². The molecule has 2 heterocycles.